The van der Waals surface area contributed by atoms with Gasteiger partial charge in [0.05, 0.1) is 10.6 Å². The Morgan fingerprint density at radius 2 is 1.89 bits per heavy atom. The third-order valence-corrected chi connectivity index (χ3v) is 5.78. The van der Waals surface area contributed by atoms with E-state index in [1.165, 1.54) is 36.4 Å². The molecular weight excluding hydrogens is 439 g/mol. The smallest absolute Gasteiger partial charge is 0.262 e. The number of hydrogen-bond acceptors (Lipinski definition) is 4. The Labute approximate surface area is 166 Å². The van der Waals surface area contributed by atoms with Crippen LogP contribution in [-0.4, -0.2) is 27.0 Å². The second kappa shape index (κ2) is 9.29. The number of carbonyl (C=O) groups excluding carboxylic acids is 1. The summed E-state index contributed by atoms with van der Waals surface area (Å²) in [5.41, 5.74) is 0.0457. The zero-order valence-corrected chi connectivity index (χ0v) is 17.2. The lowest BCUT2D eigenvalue weighted by Crippen LogP contribution is -2.31. The third kappa shape index (κ3) is 6.30. The first-order chi connectivity index (χ1) is 12.7. The van der Waals surface area contributed by atoms with Crippen molar-refractivity contribution in [3.63, 3.8) is 0 Å². The number of ether oxygens (including phenoxy) is 1. The van der Waals surface area contributed by atoms with E-state index in [0.29, 0.717) is 16.6 Å². The van der Waals surface area contributed by atoms with Gasteiger partial charge in [0, 0.05) is 10.5 Å². The normalized spacial score (nSPS) is 12.4. The number of halogens is 2. The summed E-state index contributed by atoms with van der Waals surface area (Å²) in [7, 11) is -3.60. The first-order valence-electron chi connectivity index (χ1n) is 8.21. The summed E-state index contributed by atoms with van der Waals surface area (Å²) in [6.45, 7) is 3.32. The van der Waals surface area contributed by atoms with Crippen molar-refractivity contribution < 1.29 is 22.3 Å². The number of benzene rings is 2. The Balaban J connectivity index is 1.93. The molecule has 0 radical (unpaired) electrons. The van der Waals surface area contributed by atoms with E-state index in [1.807, 2.05) is 6.92 Å². The molecule has 0 saturated carbocycles. The molecule has 0 fully saturated rings. The van der Waals surface area contributed by atoms with E-state index in [4.69, 9.17) is 4.74 Å². The van der Waals surface area contributed by atoms with Gasteiger partial charge in [-0.3, -0.25) is 4.79 Å². The van der Waals surface area contributed by atoms with E-state index in [2.05, 4.69) is 26.0 Å². The van der Waals surface area contributed by atoms with Crippen molar-refractivity contribution in [1.29, 1.82) is 0 Å². The standard InChI is InChI=1S/C18H20BrFN2O4S/c1-3-12(2)22-27(24,25)15-7-5-14(6-8-15)26-11-18(23)21-17-9-4-13(19)10-16(17)20/h4-10,12,22H,3,11H2,1-2H3,(H,21,23)/t12-/m1/s1. The maximum atomic E-state index is 13.7. The number of anilines is 1. The van der Waals surface area contributed by atoms with E-state index in [9.17, 15) is 17.6 Å². The van der Waals surface area contributed by atoms with Crippen molar-refractivity contribution >= 4 is 37.5 Å². The maximum Gasteiger partial charge on any atom is 0.262 e. The van der Waals surface area contributed by atoms with Crippen molar-refractivity contribution in [2.24, 2.45) is 0 Å². The zero-order valence-electron chi connectivity index (χ0n) is 14.8. The highest BCUT2D eigenvalue weighted by Gasteiger charge is 2.16. The molecule has 146 valence electrons. The molecule has 0 saturated heterocycles. The van der Waals surface area contributed by atoms with Gasteiger partial charge >= 0.3 is 0 Å². The summed E-state index contributed by atoms with van der Waals surface area (Å²) < 4.78 is 46.5. The van der Waals surface area contributed by atoms with Gasteiger partial charge in [0.25, 0.3) is 5.91 Å². The molecule has 0 aromatic heterocycles. The molecule has 2 N–H and O–H groups in total. The molecule has 0 spiro atoms. The van der Waals surface area contributed by atoms with Crippen LogP contribution in [0.3, 0.4) is 0 Å². The van der Waals surface area contributed by atoms with E-state index >= 15 is 0 Å². The molecule has 1 atom stereocenters. The summed E-state index contributed by atoms with van der Waals surface area (Å²) in [6, 6.07) is 9.81. The van der Waals surface area contributed by atoms with Crippen LogP contribution in [0.2, 0.25) is 0 Å². The minimum absolute atomic E-state index is 0.0457. The minimum atomic E-state index is -3.60. The van der Waals surface area contributed by atoms with Crippen LogP contribution in [0, 0.1) is 5.82 Å². The van der Waals surface area contributed by atoms with Crippen LogP contribution in [0.25, 0.3) is 0 Å². The number of sulfonamides is 1. The van der Waals surface area contributed by atoms with Crippen LogP contribution in [-0.2, 0) is 14.8 Å². The predicted octanol–water partition coefficient (Wildman–Crippen LogP) is 3.68. The number of rotatable bonds is 8. The molecule has 1 amide bonds. The van der Waals surface area contributed by atoms with Crippen molar-refractivity contribution in [2.75, 3.05) is 11.9 Å². The Hall–Kier alpha value is -1.97. The van der Waals surface area contributed by atoms with Crippen LogP contribution in [0.1, 0.15) is 20.3 Å². The Kier molecular flexibility index (Phi) is 7.34. The highest BCUT2D eigenvalue weighted by atomic mass is 79.9. The Morgan fingerprint density at radius 1 is 1.22 bits per heavy atom. The molecule has 0 bridgehead atoms. The van der Waals surface area contributed by atoms with Crippen LogP contribution in [0.5, 0.6) is 5.75 Å². The fourth-order valence-electron chi connectivity index (χ4n) is 2.06. The minimum Gasteiger partial charge on any atom is -0.484 e. The molecular formula is C18H20BrFN2O4S. The van der Waals surface area contributed by atoms with Gasteiger partial charge in [0.1, 0.15) is 11.6 Å². The van der Waals surface area contributed by atoms with Crippen LogP contribution in [0.4, 0.5) is 10.1 Å². The van der Waals surface area contributed by atoms with Gasteiger partial charge in [-0.1, -0.05) is 22.9 Å². The van der Waals surface area contributed by atoms with E-state index < -0.39 is 21.7 Å². The monoisotopic (exact) mass is 458 g/mol. The van der Waals surface area contributed by atoms with Crippen molar-refractivity contribution in [1.82, 2.24) is 4.72 Å². The summed E-state index contributed by atoms with van der Waals surface area (Å²) in [4.78, 5) is 12.0. The molecule has 6 nitrogen and oxygen atoms in total. The summed E-state index contributed by atoms with van der Waals surface area (Å²) in [6.07, 6.45) is 0.675. The average molecular weight is 459 g/mol. The first-order valence-corrected chi connectivity index (χ1v) is 10.5. The highest BCUT2D eigenvalue weighted by molar-refractivity contribution is 9.10. The van der Waals surface area contributed by atoms with Crippen molar-refractivity contribution in [3.05, 3.63) is 52.8 Å². The maximum absolute atomic E-state index is 13.7. The number of amides is 1. The fraction of sp³-hybridized carbons (Fsp3) is 0.278. The lowest BCUT2D eigenvalue weighted by Gasteiger charge is -2.12. The number of hydrogen-bond donors (Lipinski definition) is 2. The van der Waals surface area contributed by atoms with Gasteiger partial charge in [-0.2, -0.15) is 0 Å². The van der Waals surface area contributed by atoms with Crippen LogP contribution in [0.15, 0.2) is 51.8 Å². The second-order valence-corrected chi connectivity index (χ2v) is 8.49. The number of nitrogens with one attached hydrogen (secondary N) is 2. The van der Waals surface area contributed by atoms with Gasteiger partial charge in [-0.05, 0) is 55.8 Å². The molecule has 0 aliphatic rings. The lowest BCUT2D eigenvalue weighted by atomic mass is 10.3. The quantitative estimate of drug-likeness (QED) is 0.631. The van der Waals surface area contributed by atoms with Crippen molar-refractivity contribution in [2.45, 2.75) is 31.2 Å². The summed E-state index contributed by atoms with van der Waals surface area (Å²) in [5.74, 6) is -0.781. The largest absolute Gasteiger partial charge is 0.484 e. The van der Waals surface area contributed by atoms with Gasteiger partial charge in [-0.15, -0.1) is 0 Å². The zero-order chi connectivity index (χ0) is 20.0. The Morgan fingerprint density at radius 3 is 2.48 bits per heavy atom. The van der Waals surface area contributed by atoms with Crippen LogP contribution >= 0.6 is 15.9 Å². The highest BCUT2D eigenvalue weighted by Crippen LogP contribution is 2.20. The van der Waals surface area contributed by atoms with Crippen LogP contribution < -0.4 is 14.8 Å². The topological polar surface area (TPSA) is 84.5 Å². The predicted molar refractivity (Wildman–Crippen MR) is 105 cm³/mol. The SMILES string of the molecule is CC[C@@H](C)NS(=O)(=O)c1ccc(OCC(=O)Nc2ccc(Br)cc2F)cc1. The molecule has 9 heteroatoms. The lowest BCUT2D eigenvalue weighted by molar-refractivity contribution is -0.118. The summed E-state index contributed by atoms with van der Waals surface area (Å²) >= 11 is 3.14. The molecule has 27 heavy (non-hydrogen) atoms. The molecule has 0 aliphatic carbocycles. The van der Waals surface area contributed by atoms with E-state index in [1.54, 1.807) is 13.0 Å². The van der Waals surface area contributed by atoms with Gasteiger partial charge in [0.15, 0.2) is 6.61 Å². The molecule has 2 aromatic carbocycles. The fourth-order valence-corrected chi connectivity index (χ4v) is 3.72. The van der Waals surface area contributed by atoms with E-state index in [-0.39, 0.29) is 23.2 Å². The Bertz CT molecular complexity index is 904. The van der Waals surface area contributed by atoms with Gasteiger partial charge in [0.2, 0.25) is 10.0 Å². The van der Waals surface area contributed by atoms with E-state index in [0.717, 1.165) is 0 Å². The molecule has 2 aromatic rings. The van der Waals surface area contributed by atoms with Gasteiger partial charge < -0.3 is 10.1 Å². The van der Waals surface area contributed by atoms with Crippen molar-refractivity contribution in [3.8, 4) is 5.75 Å². The number of carbonyl (C=O) groups is 1. The van der Waals surface area contributed by atoms with Gasteiger partial charge in [-0.25, -0.2) is 17.5 Å². The molecule has 2 rings (SSSR count). The third-order valence-electron chi connectivity index (χ3n) is 3.68. The molecule has 0 aliphatic heterocycles. The second-order valence-electron chi connectivity index (χ2n) is 5.86. The average Bonchev–Trinajstić information content (AvgIpc) is 2.62. The summed E-state index contributed by atoms with van der Waals surface area (Å²) in [5, 5.41) is 2.41. The molecule has 0 unspecified atom stereocenters. The first kappa shape index (κ1) is 21.3. The molecule has 0 heterocycles.